The third-order valence-electron chi connectivity index (χ3n) is 1.83. The van der Waals surface area contributed by atoms with Crippen LogP contribution in [0.5, 0.6) is 0 Å². The molecule has 0 spiro atoms. The van der Waals surface area contributed by atoms with Crippen molar-refractivity contribution in [3.63, 3.8) is 0 Å². The summed E-state index contributed by atoms with van der Waals surface area (Å²) < 4.78 is 0. The van der Waals surface area contributed by atoms with Crippen LogP contribution < -0.4 is 0 Å². The lowest BCUT2D eigenvalue weighted by molar-refractivity contribution is 0.315. The Labute approximate surface area is 62.9 Å². The molecule has 0 aromatic carbocycles. The summed E-state index contributed by atoms with van der Waals surface area (Å²) in [6, 6.07) is 0. The van der Waals surface area contributed by atoms with Crippen molar-refractivity contribution in [1.82, 2.24) is 0 Å². The van der Waals surface area contributed by atoms with E-state index >= 15 is 0 Å². The molecule has 0 fully saturated rings. The smallest absolute Gasteiger partial charge is 0.0570 e. The summed E-state index contributed by atoms with van der Waals surface area (Å²) in [5.41, 5.74) is 0.911. The molecule has 0 bridgehead atoms. The summed E-state index contributed by atoms with van der Waals surface area (Å²) in [7, 11) is 0. The van der Waals surface area contributed by atoms with Gasteiger partial charge in [0.25, 0.3) is 0 Å². The molecule has 2 nitrogen and oxygen atoms in total. The van der Waals surface area contributed by atoms with E-state index in [2.05, 4.69) is 19.0 Å². The minimum atomic E-state index is 0.644. The quantitative estimate of drug-likeness (QED) is 0.366. The van der Waals surface area contributed by atoms with Gasteiger partial charge in [-0.15, -0.1) is 0 Å². The van der Waals surface area contributed by atoms with E-state index in [4.69, 9.17) is 5.21 Å². The zero-order valence-corrected chi connectivity index (χ0v) is 7.09. The van der Waals surface area contributed by atoms with Crippen molar-refractivity contribution in [2.75, 3.05) is 0 Å². The van der Waals surface area contributed by atoms with Crippen molar-refractivity contribution in [1.29, 1.82) is 0 Å². The van der Waals surface area contributed by atoms with Gasteiger partial charge >= 0.3 is 0 Å². The number of nitrogens with zero attached hydrogens (tertiary/aromatic N) is 1. The first-order valence-electron chi connectivity index (χ1n) is 3.94. The maximum atomic E-state index is 8.46. The molecule has 0 saturated heterocycles. The van der Waals surface area contributed by atoms with Crippen LogP contribution >= 0.6 is 0 Å². The van der Waals surface area contributed by atoms with E-state index in [1.54, 1.807) is 0 Å². The highest BCUT2D eigenvalue weighted by Crippen LogP contribution is 2.08. The third kappa shape index (κ3) is 3.49. The molecule has 0 aromatic heterocycles. The first-order valence-corrected chi connectivity index (χ1v) is 3.94. The minimum absolute atomic E-state index is 0.644. The maximum absolute atomic E-state index is 8.46. The zero-order chi connectivity index (χ0) is 7.98. The number of hydrogen-bond acceptors (Lipinski definition) is 2. The van der Waals surface area contributed by atoms with Gasteiger partial charge < -0.3 is 5.21 Å². The van der Waals surface area contributed by atoms with Crippen LogP contribution in [-0.2, 0) is 0 Å². The van der Waals surface area contributed by atoms with Crippen molar-refractivity contribution >= 4 is 5.71 Å². The van der Waals surface area contributed by atoms with Gasteiger partial charge in [0.05, 0.1) is 5.71 Å². The fourth-order valence-electron chi connectivity index (χ4n) is 0.802. The molecule has 0 unspecified atom stereocenters. The van der Waals surface area contributed by atoms with Crippen LogP contribution in [0.25, 0.3) is 0 Å². The lowest BCUT2D eigenvalue weighted by Crippen LogP contribution is -2.03. The van der Waals surface area contributed by atoms with E-state index in [0.29, 0.717) is 5.92 Å². The predicted molar refractivity (Wildman–Crippen MR) is 43.6 cm³/mol. The Hall–Kier alpha value is -0.530. The number of oxime groups is 1. The highest BCUT2D eigenvalue weighted by Gasteiger charge is 2.02. The zero-order valence-electron chi connectivity index (χ0n) is 7.09. The molecule has 60 valence electrons. The van der Waals surface area contributed by atoms with E-state index in [0.717, 1.165) is 25.0 Å². The Kier molecular flexibility index (Phi) is 4.99. The Morgan fingerprint density at radius 1 is 1.50 bits per heavy atom. The Balaban J connectivity index is 3.64. The molecule has 0 aromatic rings. The fourth-order valence-corrected chi connectivity index (χ4v) is 0.802. The van der Waals surface area contributed by atoms with Crippen LogP contribution in [0.2, 0.25) is 0 Å². The van der Waals surface area contributed by atoms with Gasteiger partial charge in [0.1, 0.15) is 0 Å². The van der Waals surface area contributed by atoms with Crippen LogP contribution in [0.1, 0.15) is 40.0 Å². The van der Waals surface area contributed by atoms with Gasteiger partial charge in [-0.1, -0.05) is 32.3 Å². The van der Waals surface area contributed by atoms with Crippen LogP contribution in [0, 0.1) is 5.92 Å². The highest BCUT2D eigenvalue weighted by atomic mass is 16.4. The second-order valence-electron chi connectivity index (χ2n) is 2.74. The number of rotatable bonds is 4. The molecule has 0 aliphatic heterocycles. The lowest BCUT2D eigenvalue weighted by atomic mass is 10.0. The van der Waals surface area contributed by atoms with Gasteiger partial charge in [0.2, 0.25) is 0 Å². The highest BCUT2D eigenvalue weighted by molar-refractivity contribution is 5.83. The van der Waals surface area contributed by atoms with Crippen molar-refractivity contribution in [3.8, 4) is 0 Å². The second-order valence-corrected chi connectivity index (χ2v) is 2.74. The van der Waals surface area contributed by atoms with E-state index in [9.17, 15) is 0 Å². The summed E-state index contributed by atoms with van der Waals surface area (Å²) in [6.07, 6.45) is 2.95. The van der Waals surface area contributed by atoms with Crippen LogP contribution in [0.3, 0.4) is 0 Å². The molecule has 1 N–H and O–H groups in total. The van der Waals surface area contributed by atoms with E-state index in [1.807, 2.05) is 6.92 Å². The van der Waals surface area contributed by atoms with Gasteiger partial charge in [-0.3, -0.25) is 0 Å². The van der Waals surface area contributed by atoms with E-state index in [-0.39, 0.29) is 0 Å². The van der Waals surface area contributed by atoms with Crippen LogP contribution in [0.4, 0.5) is 0 Å². The molecule has 0 saturated carbocycles. The van der Waals surface area contributed by atoms with E-state index < -0.39 is 0 Å². The van der Waals surface area contributed by atoms with Crippen molar-refractivity contribution in [2.24, 2.45) is 11.1 Å². The lowest BCUT2D eigenvalue weighted by Gasteiger charge is -2.06. The van der Waals surface area contributed by atoms with Gasteiger partial charge in [0, 0.05) is 0 Å². The van der Waals surface area contributed by atoms with Gasteiger partial charge in [-0.05, 0) is 18.8 Å². The normalized spacial score (nSPS) is 15.3. The van der Waals surface area contributed by atoms with Crippen molar-refractivity contribution in [2.45, 2.75) is 40.0 Å². The molecular formula is C8H17NO. The summed E-state index contributed by atoms with van der Waals surface area (Å²) in [4.78, 5) is 0. The SMILES string of the molecule is CC/C(C[C@@H](C)CC)=N/O. The molecule has 0 aliphatic rings. The summed E-state index contributed by atoms with van der Waals surface area (Å²) >= 11 is 0. The minimum Gasteiger partial charge on any atom is -0.411 e. The molecule has 2 heteroatoms. The molecular weight excluding hydrogens is 126 g/mol. The second kappa shape index (κ2) is 5.27. The standard InChI is InChI=1S/C8H17NO/c1-4-7(3)6-8(5-2)9-10/h7,10H,4-6H2,1-3H3/b9-8-/t7-/m0/s1. The summed E-state index contributed by atoms with van der Waals surface area (Å²) in [6.45, 7) is 6.33. The third-order valence-corrected chi connectivity index (χ3v) is 1.83. The molecule has 0 radical (unpaired) electrons. The predicted octanol–water partition coefficient (Wildman–Crippen LogP) is 2.66. The van der Waals surface area contributed by atoms with Gasteiger partial charge in [-0.25, -0.2) is 0 Å². The van der Waals surface area contributed by atoms with Gasteiger partial charge in [0.15, 0.2) is 0 Å². The summed E-state index contributed by atoms with van der Waals surface area (Å²) in [5.74, 6) is 0.644. The summed E-state index contributed by atoms with van der Waals surface area (Å²) in [5, 5.41) is 11.7. The maximum Gasteiger partial charge on any atom is 0.0570 e. The molecule has 0 aliphatic carbocycles. The van der Waals surface area contributed by atoms with E-state index in [1.165, 1.54) is 0 Å². The monoisotopic (exact) mass is 143 g/mol. The van der Waals surface area contributed by atoms with Crippen LogP contribution in [0.15, 0.2) is 5.16 Å². The molecule has 10 heavy (non-hydrogen) atoms. The molecule has 0 heterocycles. The Bertz CT molecular complexity index is 110. The van der Waals surface area contributed by atoms with Crippen LogP contribution in [-0.4, -0.2) is 10.9 Å². The largest absolute Gasteiger partial charge is 0.411 e. The van der Waals surface area contributed by atoms with Gasteiger partial charge in [-0.2, -0.15) is 0 Å². The fraction of sp³-hybridized carbons (Fsp3) is 0.875. The first-order chi connectivity index (χ1) is 4.74. The first kappa shape index (κ1) is 9.47. The topological polar surface area (TPSA) is 32.6 Å². The molecule has 1 atom stereocenters. The number of hydrogen-bond donors (Lipinski definition) is 1. The Morgan fingerprint density at radius 2 is 2.10 bits per heavy atom. The average molecular weight is 143 g/mol. The Morgan fingerprint density at radius 3 is 2.40 bits per heavy atom. The average Bonchev–Trinajstić information content (AvgIpc) is 1.99. The van der Waals surface area contributed by atoms with Crippen molar-refractivity contribution < 1.29 is 5.21 Å². The molecule has 0 rings (SSSR count). The van der Waals surface area contributed by atoms with Crippen molar-refractivity contribution in [3.05, 3.63) is 0 Å². The molecule has 0 amide bonds.